The van der Waals surface area contributed by atoms with E-state index in [-0.39, 0.29) is 5.91 Å². The summed E-state index contributed by atoms with van der Waals surface area (Å²) < 4.78 is 1.79. The average Bonchev–Trinajstić information content (AvgIpc) is 3.00. The van der Waals surface area contributed by atoms with Gasteiger partial charge in [0.25, 0.3) is 0 Å². The molecule has 16 heavy (non-hydrogen) atoms. The zero-order valence-electron chi connectivity index (χ0n) is 9.73. The van der Waals surface area contributed by atoms with Crippen LogP contribution in [0.25, 0.3) is 0 Å². The maximum Gasteiger partial charge on any atom is 0.239 e. The summed E-state index contributed by atoms with van der Waals surface area (Å²) in [5.74, 6) is 0.0603. The standard InChI is InChI=1S/C11H18N4O/c1-8-5-14-15(6-8)7-11(13-2,10(12)16)9-3-4-9/h5-6,9,13H,3-4,7H2,1-2H3,(H2,12,16). The number of nitrogens with zero attached hydrogens (tertiary/aromatic N) is 2. The van der Waals surface area contributed by atoms with Crippen molar-refractivity contribution in [2.75, 3.05) is 7.05 Å². The first-order valence-electron chi connectivity index (χ1n) is 5.56. The van der Waals surface area contributed by atoms with Crippen molar-refractivity contribution in [3.8, 4) is 0 Å². The quantitative estimate of drug-likeness (QED) is 0.739. The number of nitrogens with one attached hydrogen (secondary N) is 1. The number of carbonyl (C=O) groups is 1. The molecule has 0 aliphatic heterocycles. The van der Waals surface area contributed by atoms with Crippen LogP contribution < -0.4 is 11.1 Å². The number of hydrogen-bond acceptors (Lipinski definition) is 3. The molecule has 0 radical (unpaired) electrons. The highest BCUT2D eigenvalue weighted by molar-refractivity contribution is 5.85. The lowest BCUT2D eigenvalue weighted by atomic mass is 9.92. The lowest BCUT2D eigenvalue weighted by Gasteiger charge is -2.30. The summed E-state index contributed by atoms with van der Waals surface area (Å²) in [4.78, 5) is 11.7. The molecule has 2 rings (SSSR count). The average molecular weight is 222 g/mol. The molecule has 1 aromatic heterocycles. The molecule has 0 saturated heterocycles. The van der Waals surface area contributed by atoms with Crippen molar-refractivity contribution >= 4 is 5.91 Å². The van der Waals surface area contributed by atoms with Gasteiger partial charge >= 0.3 is 0 Å². The molecule has 88 valence electrons. The summed E-state index contributed by atoms with van der Waals surface area (Å²) in [5.41, 5.74) is 5.98. The predicted octanol–water partition coefficient (Wildman–Crippen LogP) is 0.0450. The molecular formula is C11H18N4O. The van der Waals surface area contributed by atoms with E-state index in [1.807, 2.05) is 13.1 Å². The molecule has 1 fully saturated rings. The summed E-state index contributed by atoms with van der Waals surface area (Å²) in [5, 5.41) is 7.31. The highest BCUT2D eigenvalue weighted by Crippen LogP contribution is 2.40. The van der Waals surface area contributed by atoms with Crippen molar-refractivity contribution in [1.29, 1.82) is 0 Å². The fourth-order valence-electron chi connectivity index (χ4n) is 2.20. The lowest BCUT2D eigenvalue weighted by molar-refractivity contribution is -0.125. The second-order valence-electron chi connectivity index (χ2n) is 4.58. The molecule has 1 atom stereocenters. The van der Waals surface area contributed by atoms with Gasteiger partial charge in [-0.05, 0) is 38.3 Å². The Bertz CT molecular complexity index is 396. The van der Waals surface area contributed by atoms with E-state index >= 15 is 0 Å². The van der Waals surface area contributed by atoms with Gasteiger partial charge in [-0.1, -0.05) is 0 Å². The maximum absolute atomic E-state index is 11.7. The topological polar surface area (TPSA) is 72.9 Å². The molecule has 0 bridgehead atoms. The molecule has 0 spiro atoms. The van der Waals surface area contributed by atoms with E-state index < -0.39 is 5.54 Å². The number of rotatable bonds is 5. The van der Waals surface area contributed by atoms with Crippen molar-refractivity contribution in [3.63, 3.8) is 0 Å². The van der Waals surface area contributed by atoms with Gasteiger partial charge in [0.2, 0.25) is 5.91 Å². The van der Waals surface area contributed by atoms with Crippen LogP contribution in [0.2, 0.25) is 0 Å². The molecule has 1 aliphatic rings. The van der Waals surface area contributed by atoms with E-state index in [0.717, 1.165) is 18.4 Å². The van der Waals surface area contributed by atoms with E-state index in [9.17, 15) is 4.79 Å². The molecular weight excluding hydrogens is 204 g/mol. The number of carbonyl (C=O) groups excluding carboxylic acids is 1. The Kier molecular flexibility index (Phi) is 2.71. The molecule has 1 aliphatic carbocycles. The minimum atomic E-state index is -0.640. The van der Waals surface area contributed by atoms with E-state index in [4.69, 9.17) is 5.73 Å². The Labute approximate surface area is 95.0 Å². The van der Waals surface area contributed by atoms with E-state index in [1.165, 1.54) is 0 Å². The van der Waals surface area contributed by atoms with Gasteiger partial charge in [0, 0.05) is 6.20 Å². The molecule has 1 aromatic rings. The van der Waals surface area contributed by atoms with Crippen LogP contribution in [0.5, 0.6) is 0 Å². The Morgan fingerprint density at radius 2 is 2.44 bits per heavy atom. The highest BCUT2D eigenvalue weighted by atomic mass is 16.1. The Morgan fingerprint density at radius 3 is 2.81 bits per heavy atom. The number of aryl methyl sites for hydroxylation is 1. The Morgan fingerprint density at radius 1 is 1.75 bits per heavy atom. The molecule has 1 unspecified atom stereocenters. The summed E-state index contributed by atoms with van der Waals surface area (Å²) in [7, 11) is 1.79. The lowest BCUT2D eigenvalue weighted by Crippen LogP contribution is -2.58. The molecule has 1 amide bonds. The molecule has 5 heteroatoms. The highest BCUT2D eigenvalue weighted by Gasteiger charge is 2.49. The van der Waals surface area contributed by atoms with E-state index in [2.05, 4.69) is 10.4 Å². The number of amides is 1. The zero-order valence-corrected chi connectivity index (χ0v) is 9.73. The van der Waals surface area contributed by atoms with Crippen LogP contribution in [-0.2, 0) is 11.3 Å². The Balaban J connectivity index is 2.22. The van der Waals surface area contributed by atoms with Crippen LogP contribution in [0.1, 0.15) is 18.4 Å². The minimum absolute atomic E-state index is 0.286. The second-order valence-corrected chi connectivity index (χ2v) is 4.58. The summed E-state index contributed by atoms with van der Waals surface area (Å²) in [6, 6.07) is 0. The van der Waals surface area contributed by atoms with Crippen LogP contribution in [-0.4, -0.2) is 28.3 Å². The second kappa shape index (κ2) is 3.90. The van der Waals surface area contributed by atoms with Crippen molar-refractivity contribution in [2.24, 2.45) is 11.7 Å². The molecule has 1 heterocycles. The first-order chi connectivity index (χ1) is 7.58. The van der Waals surface area contributed by atoms with Crippen molar-refractivity contribution in [2.45, 2.75) is 31.8 Å². The normalized spacial score (nSPS) is 19.4. The predicted molar refractivity (Wildman–Crippen MR) is 60.7 cm³/mol. The first kappa shape index (κ1) is 11.1. The molecule has 3 N–H and O–H groups in total. The SMILES string of the molecule is CNC(Cn1cc(C)cn1)(C(N)=O)C1CC1. The van der Waals surface area contributed by atoms with Crippen LogP contribution in [0.4, 0.5) is 0 Å². The van der Waals surface area contributed by atoms with Crippen molar-refractivity contribution in [3.05, 3.63) is 18.0 Å². The fraction of sp³-hybridized carbons (Fsp3) is 0.636. The van der Waals surface area contributed by atoms with Crippen molar-refractivity contribution < 1.29 is 4.79 Å². The zero-order chi connectivity index (χ0) is 11.8. The van der Waals surface area contributed by atoms with Gasteiger partial charge in [-0.3, -0.25) is 9.48 Å². The smallest absolute Gasteiger partial charge is 0.239 e. The van der Waals surface area contributed by atoms with E-state index in [0.29, 0.717) is 12.5 Å². The van der Waals surface area contributed by atoms with Crippen LogP contribution >= 0.6 is 0 Å². The maximum atomic E-state index is 11.7. The van der Waals surface area contributed by atoms with Gasteiger partial charge in [-0.2, -0.15) is 5.10 Å². The van der Waals surface area contributed by atoms with Gasteiger partial charge in [0.15, 0.2) is 0 Å². The molecule has 0 aromatic carbocycles. The van der Waals surface area contributed by atoms with E-state index in [1.54, 1.807) is 17.9 Å². The number of nitrogens with two attached hydrogens (primary N) is 1. The fourth-order valence-corrected chi connectivity index (χ4v) is 2.20. The Hall–Kier alpha value is -1.36. The van der Waals surface area contributed by atoms with Gasteiger partial charge in [-0.25, -0.2) is 0 Å². The first-order valence-corrected chi connectivity index (χ1v) is 5.56. The largest absolute Gasteiger partial charge is 0.368 e. The van der Waals surface area contributed by atoms with Crippen LogP contribution in [0.3, 0.4) is 0 Å². The monoisotopic (exact) mass is 222 g/mol. The number of likely N-dealkylation sites (N-methyl/N-ethyl adjacent to an activating group) is 1. The van der Waals surface area contributed by atoms with Crippen LogP contribution in [0, 0.1) is 12.8 Å². The molecule has 5 nitrogen and oxygen atoms in total. The third-order valence-electron chi connectivity index (χ3n) is 3.33. The summed E-state index contributed by atoms with van der Waals surface area (Å²) in [6.07, 6.45) is 5.83. The van der Waals surface area contributed by atoms with Gasteiger partial charge in [0.1, 0.15) is 5.54 Å². The van der Waals surface area contributed by atoms with Crippen molar-refractivity contribution in [1.82, 2.24) is 15.1 Å². The number of hydrogen-bond donors (Lipinski definition) is 2. The summed E-state index contributed by atoms with van der Waals surface area (Å²) in [6.45, 7) is 2.49. The third-order valence-corrected chi connectivity index (χ3v) is 3.33. The summed E-state index contributed by atoms with van der Waals surface area (Å²) >= 11 is 0. The third kappa shape index (κ3) is 1.82. The van der Waals surface area contributed by atoms with Gasteiger partial charge < -0.3 is 11.1 Å². The number of primary amides is 1. The van der Waals surface area contributed by atoms with Gasteiger partial charge in [0.05, 0.1) is 12.7 Å². The number of aromatic nitrogens is 2. The minimum Gasteiger partial charge on any atom is -0.368 e. The molecule has 1 saturated carbocycles. The van der Waals surface area contributed by atoms with Crippen LogP contribution in [0.15, 0.2) is 12.4 Å². The van der Waals surface area contributed by atoms with Gasteiger partial charge in [-0.15, -0.1) is 0 Å².